The Balaban J connectivity index is 4.22. The molecular formula is C8H15N3O6S2. The first kappa shape index (κ1) is 17.8. The van der Waals surface area contributed by atoms with Crippen molar-refractivity contribution in [2.45, 2.75) is 5.25 Å². The highest BCUT2D eigenvalue weighted by molar-refractivity contribution is 7.87. The summed E-state index contributed by atoms with van der Waals surface area (Å²) in [7, 11) is -4.60. The van der Waals surface area contributed by atoms with Crippen molar-refractivity contribution >= 4 is 40.3 Å². The highest BCUT2D eigenvalue weighted by Crippen LogP contribution is 1.97. The number of hydrogen-bond donors (Lipinski definition) is 5. The minimum absolute atomic E-state index is 0.0930. The first-order chi connectivity index (χ1) is 8.72. The van der Waals surface area contributed by atoms with E-state index in [1.807, 2.05) is 0 Å². The minimum Gasteiger partial charge on any atom is -0.347 e. The second-order valence-electron chi connectivity index (χ2n) is 3.42. The SMILES string of the molecule is NCC(C(=O)CNC(=O)CNC(=O)CS)S(=O)(=O)O. The smallest absolute Gasteiger partial charge is 0.276 e. The second-order valence-corrected chi connectivity index (χ2v) is 5.33. The molecule has 11 heteroatoms. The van der Waals surface area contributed by atoms with Crippen molar-refractivity contribution in [3.05, 3.63) is 0 Å². The fraction of sp³-hybridized carbons (Fsp3) is 0.625. The highest BCUT2D eigenvalue weighted by atomic mass is 32.2. The Morgan fingerprint density at radius 3 is 2.11 bits per heavy atom. The van der Waals surface area contributed by atoms with Gasteiger partial charge in [-0.25, -0.2) is 0 Å². The number of carbonyl (C=O) groups excluding carboxylic acids is 3. The van der Waals surface area contributed by atoms with Gasteiger partial charge in [-0.1, -0.05) is 0 Å². The number of ketones is 1. The van der Waals surface area contributed by atoms with Crippen molar-refractivity contribution in [3.8, 4) is 0 Å². The van der Waals surface area contributed by atoms with E-state index in [9.17, 15) is 22.8 Å². The molecule has 0 spiro atoms. The molecule has 5 N–H and O–H groups in total. The number of thiol groups is 1. The van der Waals surface area contributed by atoms with Gasteiger partial charge in [0.2, 0.25) is 11.8 Å². The lowest BCUT2D eigenvalue weighted by molar-refractivity contribution is -0.126. The molecular weight excluding hydrogens is 298 g/mol. The highest BCUT2D eigenvalue weighted by Gasteiger charge is 2.29. The maximum Gasteiger partial charge on any atom is 0.276 e. The summed E-state index contributed by atoms with van der Waals surface area (Å²) in [6.07, 6.45) is 0. The van der Waals surface area contributed by atoms with Crippen LogP contribution < -0.4 is 16.4 Å². The first-order valence-corrected chi connectivity index (χ1v) is 7.19. The van der Waals surface area contributed by atoms with Gasteiger partial charge in [-0.05, 0) is 0 Å². The largest absolute Gasteiger partial charge is 0.347 e. The zero-order chi connectivity index (χ0) is 15.1. The first-order valence-electron chi connectivity index (χ1n) is 5.05. The number of Topliss-reactive ketones (excluding diaryl/α,β-unsaturated/α-hetero) is 1. The number of nitrogens with one attached hydrogen (secondary N) is 2. The Kier molecular flexibility index (Phi) is 7.59. The van der Waals surface area contributed by atoms with Crippen molar-refractivity contribution in [3.63, 3.8) is 0 Å². The summed E-state index contributed by atoms with van der Waals surface area (Å²) in [5, 5.41) is 2.51. The van der Waals surface area contributed by atoms with Crippen molar-refractivity contribution in [1.82, 2.24) is 10.6 Å². The molecule has 0 aliphatic heterocycles. The second kappa shape index (κ2) is 8.09. The minimum atomic E-state index is -4.60. The Morgan fingerprint density at radius 2 is 1.68 bits per heavy atom. The molecule has 19 heavy (non-hydrogen) atoms. The Bertz CT molecular complexity index is 449. The molecule has 0 aliphatic rings. The van der Waals surface area contributed by atoms with E-state index >= 15 is 0 Å². The zero-order valence-corrected chi connectivity index (χ0v) is 11.5. The maximum absolute atomic E-state index is 11.4. The van der Waals surface area contributed by atoms with E-state index in [1.165, 1.54) is 0 Å². The molecule has 0 heterocycles. The van der Waals surface area contributed by atoms with Gasteiger partial charge in [0.25, 0.3) is 10.1 Å². The average Bonchev–Trinajstić information content (AvgIpc) is 2.32. The van der Waals surface area contributed by atoms with Gasteiger partial charge in [0.15, 0.2) is 11.0 Å². The molecule has 0 bridgehead atoms. The van der Waals surface area contributed by atoms with E-state index in [-0.39, 0.29) is 12.3 Å². The molecule has 0 aromatic heterocycles. The fourth-order valence-electron chi connectivity index (χ4n) is 1.02. The van der Waals surface area contributed by atoms with E-state index in [4.69, 9.17) is 10.3 Å². The Hall–Kier alpha value is -1.17. The number of hydrogen-bond acceptors (Lipinski definition) is 7. The summed E-state index contributed by atoms with van der Waals surface area (Å²) in [5.41, 5.74) is 5.04. The van der Waals surface area contributed by atoms with Crippen LogP contribution in [0.4, 0.5) is 0 Å². The number of amides is 2. The van der Waals surface area contributed by atoms with Gasteiger partial charge >= 0.3 is 0 Å². The third kappa shape index (κ3) is 7.10. The topological polar surface area (TPSA) is 156 Å². The number of carbonyl (C=O) groups is 3. The number of nitrogens with two attached hydrogens (primary N) is 1. The number of rotatable bonds is 8. The quantitative estimate of drug-likeness (QED) is 0.235. The van der Waals surface area contributed by atoms with Gasteiger partial charge in [-0.3, -0.25) is 18.9 Å². The third-order valence-electron chi connectivity index (χ3n) is 1.98. The summed E-state index contributed by atoms with van der Waals surface area (Å²) < 4.78 is 30.3. The molecule has 110 valence electrons. The normalized spacial score (nSPS) is 12.6. The lowest BCUT2D eigenvalue weighted by atomic mass is 10.3. The monoisotopic (exact) mass is 313 g/mol. The lowest BCUT2D eigenvalue weighted by Crippen LogP contribution is -2.45. The van der Waals surface area contributed by atoms with Crippen LogP contribution in [-0.4, -0.2) is 61.2 Å². The van der Waals surface area contributed by atoms with E-state index in [2.05, 4.69) is 23.3 Å². The summed E-state index contributed by atoms with van der Waals surface area (Å²) >= 11 is 3.67. The predicted molar refractivity (Wildman–Crippen MR) is 69.3 cm³/mol. The molecule has 2 amide bonds. The summed E-state index contributed by atoms with van der Waals surface area (Å²) in [4.78, 5) is 33.3. The average molecular weight is 313 g/mol. The Labute approximate surface area is 115 Å². The molecule has 0 saturated carbocycles. The molecule has 0 aliphatic carbocycles. The molecule has 9 nitrogen and oxygen atoms in total. The van der Waals surface area contributed by atoms with E-state index in [1.54, 1.807) is 0 Å². The summed E-state index contributed by atoms with van der Waals surface area (Å²) in [5.74, 6) is -2.19. The maximum atomic E-state index is 11.4. The predicted octanol–water partition coefficient (Wildman–Crippen LogP) is -3.07. The van der Waals surface area contributed by atoms with Crippen LogP contribution in [0.1, 0.15) is 0 Å². The van der Waals surface area contributed by atoms with E-state index in [0.29, 0.717) is 0 Å². The van der Waals surface area contributed by atoms with Gasteiger partial charge in [0, 0.05) is 6.54 Å². The van der Waals surface area contributed by atoms with Crippen LogP contribution in [-0.2, 0) is 24.5 Å². The molecule has 0 aromatic carbocycles. The van der Waals surface area contributed by atoms with Crippen LogP contribution in [0.2, 0.25) is 0 Å². The van der Waals surface area contributed by atoms with Gasteiger partial charge in [-0.15, -0.1) is 0 Å². The molecule has 1 atom stereocenters. The lowest BCUT2D eigenvalue weighted by Gasteiger charge is -2.11. The van der Waals surface area contributed by atoms with Crippen molar-refractivity contribution < 1.29 is 27.4 Å². The standard InChI is InChI=1S/C8H15N3O6S2/c9-1-6(19(15,16)17)5(12)2-10-7(13)3-11-8(14)4-18/h6,18H,1-4,9H2,(H,10,13)(H,11,14)(H,15,16,17). The molecule has 0 aromatic rings. The van der Waals surface area contributed by atoms with E-state index < -0.39 is 46.1 Å². The zero-order valence-electron chi connectivity index (χ0n) is 9.83. The molecule has 0 radical (unpaired) electrons. The summed E-state index contributed by atoms with van der Waals surface area (Å²) in [6, 6.07) is 0. The van der Waals surface area contributed by atoms with Crippen molar-refractivity contribution in [2.24, 2.45) is 5.73 Å². The van der Waals surface area contributed by atoms with Gasteiger partial charge in [0.1, 0.15) is 0 Å². The summed E-state index contributed by atoms with van der Waals surface area (Å²) in [6.45, 7) is -1.58. The van der Waals surface area contributed by atoms with Crippen molar-refractivity contribution in [1.29, 1.82) is 0 Å². The van der Waals surface area contributed by atoms with Gasteiger partial charge < -0.3 is 16.4 Å². The van der Waals surface area contributed by atoms with Crippen LogP contribution in [0.5, 0.6) is 0 Å². The van der Waals surface area contributed by atoms with Gasteiger partial charge in [0.05, 0.1) is 18.8 Å². The molecule has 0 rings (SSSR count). The third-order valence-corrected chi connectivity index (χ3v) is 3.44. The van der Waals surface area contributed by atoms with E-state index in [0.717, 1.165) is 0 Å². The van der Waals surface area contributed by atoms with Crippen LogP contribution in [0.25, 0.3) is 0 Å². The fourth-order valence-corrected chi connectivity index (χ4v) is 1.79. The molecule has 1 unspecified atom stereocenters. The molecule has 0 saturated heterocycles. The van der Waals surface area contributed by atoms with Crippen LogP contribution >= 0.6 is 12.6 Å². The van der Waals surface area contributed by atoms with Crippen LogP contribution in [0, 0.1) is 0 Å². The van der Waals surface area contributed by atoms with Crippen LogP contribution in [0.15, 0.2) is 0 Å². The Morgan fingerprint density at radius 1 is 1.16 bits per heavy atom. The van der Waals surface area contributed by atoms with Gasteiger partial charge in [-0.2, -0.15) is 21.0 Å². The van der Waals surface area contributed by atoms with Crippen LogP contribution in [0.3, 0.4) is 0 Å². The molecule has 0 fully saturated rings. The van der Waals surface area contributed by atoms with Crippen molar-refractivity contribution in [2.75, 3.05) is 25.4 Å².